The van der Waals surface area contributed by atoms with Gasteiger partial charge in [0.15, 0.2) is 29.8 Å². The van der Waals surface area contributed by atoms with Gasteiger partial charge in [0.1, 0.15) is 11.8 Å². The zero-order chi connectivity index (χ0) is 32.1. The first-order valence-corrected chi connectivity index (χ1v) is 14.4. The number of aliphatic hydroxyl groups is 2. The molecule has 8 atom stereocenters. The van der Waals surface area contributed by atoms with E-state index in [9.17, 15) is 34.2 Å². The molecule has 4 aliphatic rings. The lowest BCUT2D eigenvalue weighted by molar-refractivity contribution is -0.173. The van der Waals surface area contributed by atoms with Crippen molar-refractivity contribution < 1.29 is 63.3 Å². The van der Waals surface area contributed by atoms with Crippen molar-refractivity contribution >= 4 is 29.8 Å². The van der Waals surface area contributed by atoms with E-state index in [4.69, 9.17) is 29.2 Å². The van der Waals surface area contributed by atoms with E-state index in [1.54, 1.807) is 6.08 Å². The molecule has 1 aliphatic heterocycles. The summed E-state index contributed by atoms with van der Waals surface area (Å²) in [6.07, 6.45) is -2.35. The van der Waals surface area contributed by atoms with E-state index < -0.39 is 78.0 Å². The van der Waals surface area contributed by atoms with Gasteiger partial charge in [0.05, 0.1) is 31.0 Å². The van der Waals surface area contributed by atoms with Crippen LogP contribution in [-0.4, -0.2) is 87.3 Å². The maximum absolute atomic E-state index is 12.9. The van der Waals surface area contributed by atoms with Crippen molar-refractivity contribution in [1.82, 2.24) is 5.32 Å². The van der Waals surface area contributed by atoms with E-state index >= 15 is 0 Å². The Labute approximate surface area is 251 Å². The first-order valence-electron chi connectivity index (χ1n) is 14.4. The van der Waals surface area contributed by atoms with Gasteiger partial charge in [0.25, 0.3) is 5.91 Å². The second-order valence-electron chi connectivity index (χ2n) is 11.9. The van der Waals surface area contributed by atoms with Gasteiger partial charge in [-0.3, -0.25) is 14.4 Å². The number of benzene rings is 1. The molecule has 1 saturated carbocycles. The van der Waals surface area contributed by atoms with Crippen molar-refractivity contribution in [3.05, 3.63) is 35.1 Å². The maximum Gasteiger partial charge on any atom is 0.336 e. The molecule has 238 valence electrons. The molecule has 1 amide bonds. The van der Waals surface area contributed by atoms with Gasteiger partial charge in [-0.25, -0.2) is 9.59 Å². The maximum atomic E-state index is 12.9. The third kappa shape index (κ3) is 4.95. The fraction of sp³-hybridized carbons (Fsp3) is 0.567. The average molecular weight is 618 g/mol. The Hall–Kier alpha value is -4.17. The van der Waals surface area contributed by atoms with Crippen LogP contribution < -0.4 is 14.8 Å². The summed E-state index contributed by atoms with van der Waals surface area (Å²) in [5.41, 5.74) is -0.134. The van der Waals surface area contributed by atoms with Crippen molar-refractivity contribution in [1.29, 1.82) is 0 Å². The number of hydrogen-bond acceptors (Lipinski definition) is 11. The van der Waals surface area contributed by atoms with Crippen LogP contribution >= 0.6 is 0 Å². The highest BCUT2D eigenvalue weighted by atomic mass is 16.6. The summed E-state index contributed by atoms with van der Waals surface area (Å²) in [6.45, 7) is 3.21. The third-order valence-corrected chi connectivity index (χ3v) is 9.46. The summed E-state index contributed by atoms with van der Waals surface area (Å²) >= 11 is 0. The van der Waals surface area contributed by atoms with Gasteiger partial charge in [-0.2, -0.15) is 0 Å². The lowest BCUT2D eigenvalue weighted by Crippen LogP contribution is -2.69. The second kappa shape index (κ2) is 11.4. The van der Waals surface area contributed by atoms with Gasteiger partial charge in [-0.1, -0.05) is 13.0 Å². The number of carbonyl (C=O) groups excluding carboxylic acids is 3. The van der Waals surface area contributed by atoms with E-state index in [1.165, 1.54) is 7.11 Å². The SMILES string of the molecule is COc1ccc2c3c1O[C@H]1C(OC(=O)C[C@H](O)C(=O)O[C@@H](C)C(=O)N[C@@H](CC(=O)O)C(=O)O)=CC[C@@]4(O)[C@@H](C2)C(C)CC[C@]314. The van der Waals surface area contributed by atoms with Crippen LogP contribution in [0.5, 0.6) is 11.5 Å². The lowest BCUT2D eigenvalue weighted by Gasteiger charge is -2.61. The molecule has 0 aromatic heterocycles. The van der Waals surface area contributed by atoms with Crippen molar-refractivity contribution in [2.45, 2.75) is 87.7 Å². The number of carbonyl (C=O) groups is 5. The number of hydrogen-bond donors (Lipinski definition) is 5. The molecule has 1 heterocycles. The zero-order valence-corrected chi connectivity index (χ0v) is 24.4. The molecule has 1 aromatic carbocycles. The number of methoxy groups -OCH3 is 1. The van der Waals surface area contributed by atoms with Gasteiger partial charge in [0, 0.05) is 5.56 Å². The summed E-state index contributed by atoms with van der Waals surface area (Å²) in [5, 5.41) is 42.5. The summed E-state index contributed by atoms with van der Waals surface area (Å²) in [6, 6.07) is 2.03. The van der Waals surface area contributed by atoms with E-state index in [2.05, 4.69) is 6.92 Å². The van der Waals surface area contributed by atoms with E-state index in [0.29, 0.717) is 24.3 Å². The summed E-state index contributed by atoms with van der Waals surface area (Å²) in [7, 11) is 1.52. The van der Waals surface area contributed by atoms with Crippen LogP contribution in [-0.2, 0) is 45.3 Å². The molecule has 14 nitrogen and oxygen atoms in total. The number of nitrogens with one attached hydrogen (secondary N) is 1. The Kier molecular flexibility index (Phi) is 8.10. The molecule has 1 unspecified atom stereocenters. The minimum atomic E-state index is -2.03. The van der Waals surface area contributed by atoms with E-state index in [1.807, 2.05) is 17.4 Å². The smallest absolute Gasteiger partial charge is 0.336 e. The fourth-order valence-electron chi connectivity index (χ4n) is 7.35. The zero-order valence-electron chi connectivity index (χ0n) is 24.4. The van der Waals surface area contributed by atoms with Crippen LogP contribution in [0.1, 0.15) is 57.1 Å². The number of rotatable bonds is 11. The Balaban J connectivity index is 1.27. The number of carboxylic acids is 2. The predicted molar refractivity (Wildman–Crippen MR) is 146 cm³/mol. The summed E-state index contributed by atoms with van der Waals surface area (Å²) in [5.74, 6) is -5.19. The molecule has 1 aromatic rings. The van der Waals surface area contributed by atoms with Gasteiger partial charge in [0.2, 0.25) is 0 Å². The molecular formula is C30H35NO13. The highest BCUT2D eigenvalue weighted by molar-refractivity contribution is 5.90. The van der Waals surface area contributed by atoms with Crippen LogP contribution in [0.25, 0.3) is 0 Å². The van der Waals surface area contributed by atoms with E-state index in [0.717, 1.165) is 24.5 Å². The van der Waals surface area contributed by atoms with Crippen LogP contribution in [0, 0.1) is 11.8 Å². The number of aliphatic hydroxyl groups excluding tert-OH is 1. The first kappa shape index (κ1) is 31.3. The third-order valence-electron chi connectivity index (χ3n) is 9.46. The molecule has 0 radical (unpaired) electrons. The molecule has 44 heavy (non-hydrogen) atoms. The van der Waals surface area contributed by atoms with Gasteiger partial charge < -0.3 is 44.7 Å². The van der Waals surface area contributed by atoms with E-state index in [-0.39, 0.29) is 24.0 Å². The Morgan fingerprint density at radius 3 is 2.55 bits per heavy atom. The van der Waals surface area contributed by atoms with Crippen molar-refractivity contribution in [2.75, 3.05) is 7.11 Å². The normalized spacial score (nSPS) is 29.5. The van der Waals surface area contributed by atoms with Crippen molar-refractivity contribution in [3.63, 3.8) is 0 Å². The monoisotopic (exact) mass is 617 g/mol. The number of aliphatic carboxylic acids is 2. The largest absolute Gasteiger partial charge is 0.493 e. The number of ether oxygens (including phenoxy) is 4. The molecule has 2 bridgehead atoms. The molecule has 0 saturated heterocycles. The average Bonchev–Trinajstić information content (AvgIpc) is 3.31. The topological polar surface area (TPSA) is 215 Å². The minimum Gasteiger partial charge on any atom is -0.493 e. The van der Waals surface area contributed by atoms with Crippen molar-refractivity contribution in [2.24, 2.45) is 11.8 Å². The first-order chi connectivity index (χ1) is 20.7. The molecule has 5 rings (SSSR count). The number of esters is 2. The standard InChI is InChI=1S/C30H35NO13/c1-13-6-8-29-23-15-4-5-19(41-3)24(23)44-25(29)20(7-9-30(29,40)16(13)10-15)43-22(35)12-18(32)28(39)42-14(2)26(36)31-17(27(37)38)11-21(33)34/h4-5,7,13-14,16-18,25,32,40H,6,8-12H2,1-3H3,(H,31,36)(H,33,34)(H,37,38)/t13?,14-,16-,17-,18-,25-,29-,30+/m0/s1. The number of carboxylic acid groups (broad SMARTS) is 2. The van der Waals surface area contributed by atoms with Crippen LogP contribution in [0.4, 0.5) is 0 Å². The van der Waals surface area contributed by atoms with Crippen LogP contribution in [0.3, 0.4) is 0 Å². The lowest BCUT2D eigenvalue weighted by atomic mass is 9.45. The van der Waals surface area contributed by atoms with Gasteiger partial charge >= 0.3 is 23.9 Å². The molecule has 3 aliphatic carbocycles. The minimum absolute atomic E-state index is 0.0478. The molecule has 1 spiro atoms. The molecular weight excluding hydrogens is 582 g/mol. The van der Waals surface area contributed by atoms with Crippen LogP contribution in [0.2, 0.25) is 0 Å². The van der Waals surface area contributed by atoms with Crippen molar-refractivity contribution in [3.8, 4) is 11.5 Å². The fourth-order valence-corrected chi connectivity index (χ4v) is 7.35. The Bertz CT molecular complexity index is 1440. The quantitative estimate of drug-likeness (QED) is 0.215. The van der Waals surface area contributed by atoms with Gasteiger partial charge in [-0.15, -0.1) is 0 Å². The summed E-state index contributed by atoms with van der Waals surface area (Å²) in [4.78, 5) is 59.6. The Morgan fingerprint density at radius 2 is 1.89 bits per heavy atom. The summed E-state index contributed by atoms with van der Waals surface area (Å²) < 4.78 is 22.5. The van der Waals surface area contributed by atoms with Crippen LogP contribution in [0.15, 0.2) is 24.0 Å². The van der Waals surface area contributed by atoms with Gasteiger partial charge in [-0.05, 0) is 62.1 Å². The predicted octanol–water partition coefficient (Wildman–Crippen LogP) is 0.585. The Morgan fingerprint density at radius 1 is 1.16 bits per heavy atom. The molecule has 14 heteroatoms. The highest BCUT2D eigenvalue weighted by Gasteiger charge is 2.72. The highest BCUT2D eigenvalue weighted by Crippen LogP contribution is 2.68. The molecule has 1 fully saturated rings. The molecule has 5 N–H and O–H groups in total. The number of amides is 1. The second-order valence-corrected chi connectivity index (χ2v) is 11.9.